The van der Waals surface area contributed by atoms with Crippen LogP contribution in [0.15, 0.2) is 0 Å². The number of carbonyl (C=O) groups is 1. The molecule has 0 radical (unpaired) electrons. The first-order valence-corrected chi connectivity index (χ1v) is 7.64. The van der Waals surface area contributed by atoms with E-state index in [1.54, 1.807) is 7.11 Å². The summed E-state index contributed by atoms with van der Waals surface area (Å²) in [6, 6.07) is 1.33. The fourth-order valence-electron chi connectivity index (χ4n) is 3.48. The predicted octanol–water partition coefficient (Wildman–Crippen LogP) is 2.12. The van der Waals surface area contributed by atoms with Crippen molar-refractivity contribution in [2.24, 2.45) is 11.8 Å². The highest BCUT2D eigenvalue weighted by molar-refractivity contribution is 5.85. The van der Waals surface area contributed by atoms with Gasteiger partial charge in [-0.05, 0) is 37.5 Å². The zero-order chi connectivity index (χ0) is 13.8. The van der Waals surface area contributed by atoms with Crippen LogP contribution in [0.4, 0.5) is 0 Å². The maximum atomic E-state index is 12.0. The molecule has 2 aliphatic rings. The highest BCUT2D eigenvalue weighted by atomic mass is 35.5. The summed E-state index contributed by atoms with van der Waals surface area (Å²) in [4.78, 5) is 12.0. The van der Waals surface area contributed by atoms with Crippen molar-refractivity contribution in [3.05, 3.63) is 0 Å². The summed E-state index contributed by atoms with van der Waals surface area (Å²) in [5.41, 5.74) is 0. The molecule has 2 saturated heterocycles. The quantitative estimate of drug-likeness (QED) is 0.790. The monoisotopic (exact) mass is 304 g/mol. The third-order valence-electron chi connectivity index (χ3n) is 4.59. The van der Waals surface area contributed by atoms with E-state index in [1.165, 1.54) is 25.7 Å². The number of piperidine rings is 1. The lowest BCUT2D eigenvalue weighted by atomic mass is 9.89. The SMILES string of the molecule is COC(CNC(=O)CC1CC2CCC(C1)N2)C(C)C.Cl. The molecule has 4 nitrogen and oxygen atoms in total. The highest BCUT2D eigenvalue weighted by Gasteiger charge is 2.34. The number of nitrogens with one attached hydrogen (secondary N) is 2. The average Bonchev–Trinajstić information content (AvgIpc) is 2.69. The average molecular weight is 305 g/mol. The van der Waals surface area contributed by atoms with Gasteiger partial charge in [0.1, 0.15) is 0 Å². The normalized spacial score (nSPS) is 29.9. The second-order valence-corrected chi connectivity index (χ2v) is 6.50. The molecule has 2 rings (SSSR count). The van der Waals surface area contributed by atoms with Gasteiger partial charge in [-0.1, -0.05) is 13.8 Å². The first-order chi connectivity index (χ1) is 9.08. The summed E-state index contributed by atoms with van der Waals surface area (Å²) >= 11 is 0. The molecule has 1 amide bonds. The van der Waals surface area contributed by atoms with E-state index in [1.807, 2.05) is 0 Å². The largest absolute Gasteiger partial charge is 0.379 e. The van der Waals surface area contributed by atoms with Gasteiger partial charge in [0.05, 0.1) is 6.10 Å². The summed E-state index contributed by atoms with van der Waals surface area (Å²) in [5, 5.41) is 6.64. The van der Waals surface area contributed by atoms with Crippen LogP contribution in [0.3, 0.4) is 0 Å². The molecule has 2 bridgehead atoms. The molecule has 0 saturated carbocycles. The Morgan fingerprint density at radius 2 is 1.90 bits per heavy atom. The van der Waals surface area contributed by atoms with Crippen LogP contribution >= 0.6 is 12.4 Å². The molecule has 3 unspecified atom stereocenters. The smallest absolute Gasteiger partial charge is 0.220 e. The lowest BCUT2D eigenvalue weighted by Gasteiger charge is -2.29. The topological polar surface area (TPSA) is 50.4 Å². The zero-order valence-corrected chi connectivity index (χ0v) is 13.7. The second-order valence-electron chi connectivity index (χ2n) is 6.50. The van der Waals surface area contributed by atoms with Crippen molar-refractivity contribution in [1.29, 1.82) is 0 Å². The number of methoxy groups -OCH3 is 1. The van der Waals surface area contributed by atoms with Crippen LogP contribution in [0.5, 0.6) is 0 Å². The van der Waals surface area contributed by atoms with Crippen LogP contribution in [-0.4, -0.2) is 37.7 Å². The first kappa shape index (κ1) is 17.7. The Balaban J connectivity index is 0.00000200. The molecule has 0 aromatic rings. The van der Waals surface area contributed by atoms with Gasteiger partial charge in [-0.3, -0.25) is 4.79 Å². The van der Waals surface area contributed by atoms with Gasteiger partial charge in [-0.15, -0.1) is 12.4 Å². The van der Waals surface area contributed by atoms with E-state index in [0.29, 0.717) is 36.9 Å². The molecule has 0 spiro atoms. The lowest BCUT2D eigenvalue weighted by molar-refractivity contribution is -0.123. The van der Waals surface area contributed by atoms with Gasteiger partial charge in [0.2, 0.25) is 5.91 Å². The number of hydrogen-bond donors (Lipinski definition) is 2. The van der Waals surface area contributed by atoms with Crippen molar-refractivity contribution in [1.82, 2.24) is 10.6 Å². The van der Waals surface area contributed by atoms with Gasteiger partial charge in [0, 0.05) is 32.2 Å². The maximum absolute atomic E-state index is 12.0. The van der Waals surface area contributed by atoms with Crippen molar-refractivity contribution in [2.75, 3.05) is 13.7 Å². The fraction of sp³-hybridized carbons (Fsp3) is 0.933. The molecule has 118 valence electrons. The lowest BCUT2D eigenvalue weighted by Crippen LogP contribution is -2.41. The maximum Gasteiger partial charge on any atom is 0.220 e. The molecule has 2 N–H and O–H groups in total. The number of rotatable bonds is 6. The Hall–Kier alpha value is -0.320. The van der Waals surface area contributed by atoms with Crippen molar-refractivity contribution in [2.45, 2.75) is 64.1 Å². The molecule has 0 aliphatic carbocycles. The van der Waals surface area contributed by atoms with E-state index >= 15 is 0 Å². The Bertz CT molecular complexity index is 300. The summed E-state index contributed by atoms with van der Waals surface area (Å²) < 4.78 is 5.37. The molecular formula is C15H29ClN2O2. The minimum Gasteiger partial charge on any atom is -0.379 e. The number of ether oxygens (including phenoxy) is 1. The summed E-state index contributed by atoms with van der Waals surface area (Å²) in [7, 11) is 1.71. The summed E-state index contributed by atoms with van der Waals surface area (Å²) in [6.45, 7) is 4.86. The third-order valence-corrected chi connectivity index (χ3v) is 4.59. The molecule has 2 heterocycles. The van der Waals surface area contributed by atoms with Crippen LogP contribution in [0.25, 0.3) is 0 Å². The van der Waals surface area contributed by atoms with Crippen LogP contribution in [0.2, 0.25) is 0 Å². The van der Waals surface area contributed by atoms with E-state index in [0.717, 1.165) is 0 Å². The van der Waals surface area contributed by atoms with Crippen molar-refractivity contribution < 1.29 is 9.53 Å². The first-order valence-electron chi connectivity index (χ1n) is 7.64. The van der Waals surface area contributed by atoms with E-state index in [-0.39, 0.29) is 24.4 Å². The van der Waals surface area contributed by atoms with Crippen molar-refractivity contribution in [3.63, 3.8) is 0 Å². The van der Waals surface area contributed by atoms with E-state index in [4.69, 9.17) is 4.74 Å². The van der Waals surface area contributed by atoms with Gasteiger partial charge in [-0.2, -0.15) is 0 Å². The molecule has 0 aromatic carbocycles. The van der Waals surface area contributed by atoms with Gasteiger partial charge in [-0.25, -0.2) is 0 Å². The summed E-state index contributed by atoms with van der Waals surface area (Å²) in [6.07, 6.45) is 5.73. The predicted molar refractivity (Wildman–Crippen MR) is 83.2 cm³/mol. The zero-order valence-electron chi connectivity index (χ0n) is 12.9. The number of amides is 1. The van der Waals surface area contributed by atoms with Crippen LogP contribution < -0.4 is 10.6 Å². The van der Waals surface area contributed by atoms with E-state index in [2.05, 4.69) is 24.5 Å². The Kier molecular flexibility index (Phi) is 7.27. The number of carbonyl (C=O) groups excluding carboxylic acids is 1. The van der Waals surface area contributed by atoms with Gasteiger partial charge < -0.3 is 15.4 Å². The molecule has 2 aliphatic heterocycles. The van der Waals surface area contributed by atoms with E-state index < -0.39 is 0 Å². The van der Waals surface area contributed by atoms with Gasteiger partial charge >= 0.3 is 0 Å². The molecular weight excluding hydrogens is 276 g/mol. The standard InChI is InChI=1S/C15H28N2O2.ClH/c1-10(2)14(19-3)9-16-15(18)8-11-6-12-4-5-13(7-11)17-12;/h10-14,17H,4-9H2,1-3H3,(H,16,18);1H. The highest BCUT2D eigenvalue weighted by Crippen LogP contribution is 2.32. The summed E-state index contributed by atoms with van der Waals surface area (Å²) in [5.74, 6) is 1.19. The Morgan fingerprint density at radius 1 is 1.30 bits per heavy atom. The Morgan fingerprint density at radius 3 is 2.40 bits per heavy atom. The molecule has 5 heteroatoms. The Labute approximate surface area is 128 Å². The molecule has 3 atom stereocenters. The van der Waals surface area contributed by atoms with Gasteiger partial charge in [0.25, 0.3) is 0 Å². The molecule has 2 fully saturated rings. The molecule has 0 aromatic heterocycles. The van der Waals surface area contributed by atoms with Crippen molar-refractivity contribution >= 4 is 18.3 Å². The minimum absolute atomic E-state index is 0. The number of fused-ring (bicyclic) bond motifs is 2. The van der Waals surface area contributed by atoms with E-state index in [9.17, 15) is 4.79 Å². The molecule has 20 heavy (non-hydrogen) atoms. The second kappa shape index (κ2) is 8.20. The third kappa shape index (κ3) is 4.90. The number of halogens is 1. The fourth-order valence-corrected chi connectivity index (χ4v) is 3.48. The van der Waals surface area contributed by atoms with Crippen LogP contribution in [0, 0.1) is 11.8 Å². The van der Waals surface area contributed by atoms with Gasteiger partial charge in [0.15, 0.2) is 0 Å². The minimum atomic E-state index is 0. The number of hydrogen-bond acceptors (Lipinski definition) is 3. The van der Waals surface area contributed by atoms with Crippen molar-refractivity contribution in [3.8, 4) is 0 Å². The van der Waals surface area contributed by atoms with Crippen LogP contribution in [0.1, 0.15) is 46.0 Å². The van der Waals surface area contributed by atoms with Crippen LogP contribution in [-0.2, 0) is 9.53 Å².